The molecule has 1 aliphatic heterocycles. The Bertz CT molecular complexity index is 1280. The van der Waals surface area contributed by atoms with Crippen molar-refractivity contribution in [1.82, 2.24) is 25.1 Å². The average Bonchev–Trinajstić information content (AvgIpc) is 3.49. The molecule has 4 rings (SSSR count). The predicted molar refractivity (Wildman–Crippen MR) is 132 cm³/mol. The van der Waals surface area contributed by atoms with E-state index in [1.165, 1.54) is 4.90 Å². The molecule has 0 spiro atoms. The minimum absolute atomic E-state index is 0.131. The van der Waals surface area contributed by atoms with E-state index in [9.17, 15) is 19.2 Å². The second kappa shape index (κ2) is 10.6. The van der Waals surface area contributed by atoms with Crippen LogP contribution in [0.25, 0.3) is 10.9 Å². The number of nitrogens with zero attached hydrogens (tertiary/aromatic N) is 2. The van der Waals surface area contributed by atoms with Crippen molar-refractivity contribution in [2.45, 2.75) is 37.4 Å². The molecule has 4 amide bonds. The number of carbonyl (C=O) groups excluding carboxylic acids is 4. The molecular formula is C25H30N6O5. The number of carbonyl (C=O) groups is 4. The third kappa shape index (κ3) is 5.25. The molecule has 1 aromatic carbocycles. The summed E-state index contributed by atoms with van der Waals surface area (Å²) in [4.78, 5) is 55.4. The molecule has 3 heterocycles. The Morgan fingerprint density at radius 2 is 1.97 bits per heavy atom. The highest BCUT2D eigenvalue weighted by Gasteiger charge is 2.38. The van der Waals surface area contributed by atoms with Crippen molar-refractivity contribution in [3.63, 3.8) is 0 Å². The number of aromatic amines is 1. The van der Waals surface area contributed by atoms with Crippen LogP contribution in [0.2, 0.25) is 0 Å². The number of primary amides is 1. The van der Waals surface area contributed by atoms with E-state index in [-0.39, 0.29) is 25.3 Å². The lowest BCUT2D eigenvalue weighted by Gasteiger charge is -2.39. The maximum Gasteiger partial charge on any atom is 0.271 e. The number of para-hydroxylation sites is 1. The van der Waals surface area contributed by atoms with Gasteiger partial charge >= 0.3 is 0 Å². The Balaban J connectivity index is 1.56. The van der Waals surface area contributed by atoms with Crippen molar-refractivity contribution in [2.75, 3.05) is 13.2 Å². The van der Waals surface area contributed by atoms with Gasteiger partial charge in [-0.25, -0.2) is 0 Å². The molecule has 6 N–H and O–H groups in total. The molecule has 3 unspecified atom stereocenters. The molecule has 1 saturated heterocycles. The Hall–Kier alpha value is -4.12. The number of aromatic nitrogens is 2. The molecular weight excluding hydrogens is 464 g/mol. The minimum atomic E-state index is -1.00. The lowest BCUT2D eigenvalue weighted by molar-refractivity contribution is -0.132. The average molecular weight is 495 g/mol. The number of aryl methyl sites for hydroxylation is 1. The van der Waals surface area contributed by atoms with Gasteiger partial charge in [0.25, 0.3) is 5.91 Å². The molecule has 3 atom stereocenters. The summed E-state index contributed by atoms with van der Waals surface area (Å²) < 4.78 is 1.67. The molecule has 36 heavy (non-hydrogen) atoms. The van der Waals surface area contributed by atoms with Crippen LogP contribution in [0.3, 0.4) is 0 Å². The first kappa shape index (κ1) is 25.0. The van der Waals surface area contributed by atoms with Crippen molar-refractivity contribution in [1.29, 1.82) is 0 Å². The van der Waals surface area contributed by atoms with Crippen molar-refractivity contribution in [3.8, 4) is 0 Å². The highest BCUT2D eigenvalue weighted by molar-refractivity contribution is 5.98. The summed E-state index contributed by atoms with van der Waals surface area (Å²) in [5, 5.41) is 15.4. The van der Waals surface area contributed by atoms with Gasteiger partial charge in [0.05, 0.1) is 0 Å². The SMILES string of the molecule is Cn1cccc1C(=O)N1CCC(NC(=O)CO)CC1C(=O)NC(Cc1c[nH]c2ccccc12)C(N)=O. The van der Waals surface area contributed by atoms with Crippen LogP contribution in [0.4, 0.5) is 0 Å². The molecule has 11 nitrogen and oxygen atoms in total. The molecule has 0 saturated carbocycles. The second-order valence-electron chi connectivity index (χ2n) is 8.99. The summed E-state index contributed by atoms with van der Waals surface area (Å²) in [6.07, 6.45) is 4.24. The van der Waals surface area contributed by atoms with Crippen molar-refractivity contribution >= 4 is 34.5 Å². The number of nitrogens with two attached hydrogens (primary N) is 1. The number of nitrogens with one attached hydrogen (secondary N) is 3. The fourth-order valence-electron chi connectivity index (χ4n) is 4.70. The van der Waals surface area contributed by atoms with Crippen LogP contribution < -0.4 is 16.4 Å². The summed E-state index contributed by atoms with van der Waals surface area (Å²) in [6, 6.07) is 8.63. The topological polar surface area (TPSA) is 163 Å². The van der Waals surface area contributed by atoms with Gasteiger partial charge < -0.3 is 35.9 Å². The number of aliphatic hydroxyl groups excluding tert-OH is 1. The minimum Gasteiger partial charge on any atom is -0.387 e. The molecule has 1 fully saturated rings. The summed E-state index contributed by atoms with van der Waals surface area (Å²) in [6.45, 7) is -0.462. The number of rotatable bonds is 8. The first-order chi connectivity index (χ1) is 17.3. The zero-order chi connectivity index (χ0) is 25.8. The van der Waals surface area contributed by atoms with E-state index < -0.39 is 42.5 Å². The summed E-state index contributed by atoms with van der Waals surface area (Å²) in [5.41, 5.74) is 7.78. The van der Waals surface area contributed by atoms with Gasteiger partial charge in [-0.05, 0) is 36.6 Å². The first-order valence-electron chi connectivity index (χ1n) is 11.8. The molecule has 0 aliphatic carbocycles. The number of aliphatic hydroxyl groups is 1. The van der Waals surface area contributed by atoms with Crippen molar-refractivity contribution in [3.05, 3.63) is 60.0 Å². The molecule has 11 heteroatoms. The van der Waals surface area contributed by atoms with Gasteiger partial charge in [0.1, 0.15) is 24.4 Å². The number of likely N-dealkylation sites (tertiary alicyclic amines) is 1. The maximum absolute atomic E-state index is 13.5. The van der Waals surface area contributed by atoms with Gasteiger partial charge in [-0.3, -0.25) is 19.2 Å². The van der Waals surface area contributed by atoms with Gasteiger partial charge in [-0.1, -0.05) is 18.2 Å². The molecule has 3 aromatic rings. The zero-order valence-corrected chi connectivity index (χ0v) is 19.9. The highest BCUT2D eigenvalue weighted by atomic mass is 16.3. The number of piperidine rings is 1. The Labute approximate surface area is 207 Å². The summed E-state index contributed by atoms with van der Waals surface area (Å²) >= 11 is 0. The number of hydrogen-bond donors (Lipinski definition) is 5. The van der Waals surface area contributed by atoms with E-state index in [2.05, 4.69) is 15.6 Å². The fourth-order valence-corrected chi connectivity index (χ4v) is 4.70. The lowest BCUT2D eigenvalue weighted by atomic mass is 9.95. The third-order valence-corrected chi connectivity index (χ3v) is 6.60. The van der Waals surface area contributed by atoms with Gasteiger partial charge in [-0.15, -0.1) is 0 Å². The number of hydrogen-bond acceptors (Lipinski definition) is 5. The van der Waals surface area contributed by atoms with Crippen molar-refractivity contribution in [2.24, 2.45) is 12.8 Å². The highest BCUT2D eigenvalue weighted by Crippen LogP contribution is 2.22. The zero-order valence-electron chi connectivity index (χ0n) is 19.9. The number of H-pyrrole nitrogens is 1. The lowest BCUT2D eigenvalue weighted by Crippen LogP contribution is -2.60. The van der Waals surface area contributed by atoms with Crippen LogP contribution in [0.1, 0.15) is 28.9 Å². The van der Waals surface area contributed by atoms with E-state index >= 15 is 0 Å². The van der Waals surface area contributed by atoms with Crippen LogP contribution in [-0.4, -0.2) is 74.5 Å². The number of benzene rings is 1. The van der Waals surface area contributed by atoms with E-state index in [0.717, 1.165) is 16.5 Å². The third-order valence-electron chi connectivity index (χ3n) is 6.60. The summed E-state index contributed by atoms with van der Waals surface area (Å²) in [5.74, 6) is -2.13. The fraction of sp³-hybridized carbons (Fsp3) is 0.360. The van der Waals surface area contributed by atoms with Gasteiger partial charge in [0.2, 0.25) is 17.7 Å². The Morgan fingerprint density at radius 1 is 1.19 bits per heavy atom. The molecule has 2 aromatic heterocycles. The van der Waals surface area contributed by atoms with E-state index in [1.54, 1.807) is 36.1 Å². The van der Waals surface area contributed by atoms with Gasteiger partial charge in [0.15, 0.2) is 0 Å². The summed E-state index contributed by atoms with van der Waals surface area (Å²) in [7, 11) is 1.74. The van der Waals surface area contributed by atoms with Crippen molar-refractivity contribution < 1.29 is 24.3 Å². The molecule has 190 valence electrons. The van der Waals surface area contributed by atoms with E-state index in [4.69, 9.17) is 10.8 Å². The second-order valence-corrected chi connectivity index (χ2v) is 8.99. The van der Waals surface area contributed by atoms with Crippen LogP contribution in [0.15, 0.2) is 48.8 Å². The van der Waals surface area contributed by atoms with E-state index in [1.807, 2.05) is 24.3 Å². The van der Waals surface area contributed by atoms with Crippen LogP contribution in [0, 0.1) is 0 Å². The monoisotopic (exact) mass is 494 g/mol. The Kier molecular flexibility index (Phi) is 7.39. The predicted octanol–water partition coefficient (Wildman–Crippen LogP) is -0.199. The first-order valence-corrected chi connectivity index (χ1v) is 11.8. The van der Waals surface area contributed by atoms with Gasteiger partial charge in [-0.2, -0.15) is 0 Å². The van der Waals surface area contributed by atoms with E-state index in [0.29, 0.717) is 12.1 Å². The normalized spacial score (nSPS) is 18.6. The van der Waals surface area contributed by atoms with Gasteiger partial charge in [0, 0.05) is 49.4 Å². The molecule has 1 aliphatic rings. The molecule has 0 bridgehead atoms. The standard InChI is InChI=1S/C25H30N6O5/c1-30-9-4-7-20(30)25(36)31-10-8-16(28-22(33)14-32)12-21(31)24(35)29-19(23(26)34)11-15-13-27-18-6-3-2-5-17(15)18/h2-7,9,13,16,19,21,27,32H,8,10-12,14H2,1H3,(H2,26,34)(H,28,33)(H,29,35). The smallest absolute Gasteiger partial charge is 0.271 e. The number of amides is 4. The quantitative estimate of drug-likeness (QED) is 0.292. The van der Waals surface area contributed by atoms with Crippen LogP contribution in [-0.2, 0) is 27.9 Å². The Morgan fingerprint density at radius 3 is 2.67 bits per heavy atom. The van der Waals surface area contributed by atoms with Crippen LogP contribution >= 0.6 is 0 Å². The number of fused-ring (bicyclic) bond motifs is 1. The molecule has 0 radical (unpaired) electrons. The maximum atomic E-state index is 13.5. The largest absolute Gasteiger partial charge is 0.387 e. The van der Waals surface area contributed by atoms with Crippen LogP contribution in [0.5, 0.6) is 0 Å².